The number of carbonyl (C=O) groups is 1. The van der Waals surface area contributed by atoms with E-state index >= 15 is 0 Å². The van der Waals surface area contributed by atoms with Crippen molar-refractivity contribution in [2.75, 3.05) is 11.9 Å². The Kier molecular flexibility index (Phi) is 4.10. The molecule has 0 radical (unpaired) electrons. The average molecular weight is 236 g/mol. The van der Waals surface area contributed by atoms with Crippen molar-refractivity contribution >= 4 is 11.8 Å². The van der Waals surface area contributed by atoms with E-state index in [0.29, 0.717) is 11.7 Å². The predicted molar refractivity (Wildman–Crippen MR) is 68.6 cm³/mol. The van der Waals surface area contributed by atoms with Gasteiger partial charge in [-0.3, -0.25) is 0 Å². The molecule has 0 spiro atoms. The van der Waals surface area contributed by atoms with Crippen molar-refractivity contribution in [3.8, 4) is 0 Å². The maximum atomic E-state index is 11.2. The van der Waals surface area contributed by atoms with E-state index in [1.54, 1.807) is 12.1 Å². The number of anilines is 1. The number of hydrogen-bond acceptors (Lipinski definition) is 3. The van der Waals surface area contributed by atoms with E-state index in [-0.39, 0.29) is 11.6 Å². The first-order valence-electron chi connectivity index (χ1n) is 5.78. The minimum Gasteiger partial charge on any atom is -0.478 e. The Bertz CT molecular complexity index is 416. The van der Waals surface area contributed by atoms with Crippen molar-refractivity contribution in [3.05, 3.63) is 23.4 Å². The number of nitrogens with zero attached hydrogens (tertiary/aromatic N) is 2. The maximum absolute atomic E-state index is 11.2. The van der Waals surface area contributed by atoms with Crippen LogP contribution in [0.25, 0.3) is 0 Å². The highest BCUT2D eigenvalue weighted by molar-refractivity contribution is 5.93. The predicted octanol–water partition coefficient (Wildman–Crippen LogP) is 2.57. The van der Waals surface area contributed by atoms with Crippen molar-refractivity contribution in [3.63, 3.8) is 0 Å². The lowest BCUT2D eigenvalue weighted by molar-refractivity contribution is 0.0697. The normalized spacial score (nSPS) is 12.6. The number of aromatic carboxylic acids is 1. The Labute approximate surface area is 102 Å². The van der Waals surface area contributed by atoms with Gasteiger partial charge < -0.3 is 10.0 Å². The molecule has 1 heterocycles. The molecule has 17 heavy (non-hydrogen) atoms. The molecule has 0 aliphatic heterocycles. The lowest BCUT2D eigenvalue weighted by Gasteiger charge is -2.30. The zero-order valence-corrected chi connectivity index (χ0v) is 11.1. The summed E-state index contributed by atoms with van der Waals surface area (Å²) in [6.45, 7) is 8.15. The van der Waals surface area contributed by atoms with Crippen molar-refractivity contribution < 1.29 is 9.90 Å². The van der Waals surface area contributed by atoms with Gasteiger partial charge in [-0.05, 0) is 31.9 Å². The van der Waals surface area contributed by atoms with Crippen LogP contribution in [0.2, 0.25) is 0 Å². The highest BCUT2D eigenvalue weighted by Gasteiger charge is 2.20. The fourth-order valence-electron chi connectivity index (χ4n) is 1.62. The Hall–Kier alpha value is -1.58. The fraction of sp³-hybridized carbons (Fsp3) is 0.538. The summed E-state index contributed by atoms with van der Waals surface area (Å²) in [5.41, 5.74) is 1.08. The van der Waals surface area contributed by atoms with E-state index in [1.165, 1.54) is 0 Å². The molecule has 0 fully saturated rings. The molecule has 0 bridgehead atoms. The largest absolute Gasteiger partial charge is 0.478 e. The summed E-state index contributed by atoms with van der Waals surface area (Å²) in [6.07, 6.45) is 0. The number of aryl methyl sites for hydroxylation is 1. The lowest BCUT2D eigenvalue weighted by atomic mass is 10.0. The van der Waals surface area contributed by atoms with Crippen LogP contribution in [0.1, 0.15) is 36.8 Å². The van der Waals surface area contributed by atoms with Crippen LogP contribution in [0, 0.1) is 12.8 Å². The van der Waals surface area contributed by atoms with Gasteiger partial charge in [-0.15, -0.1) is 0 Å². The van der Waals surface area contributed by atoms with Crippen LogP contribution in [-0.4, -0.2) is 29.1 Å². The third-order valence-electron chi connectivity index (χ3n) is 3.15. The second kappa shape index (κ2) is 5.17. The summed E-state index contributed by atoms with van der Waals surface area (Å²) in [5.74, 6) is 0.0398. The zero-order chi connectivity index (χ0) is 13.2. The minimum atomic E-state index is -0.935. The lowest BCUT2D eigenvalue weighted by Crippen LogP contribution is -2.35. The Morgan fingerprint density at radius 3 is 2.41 bits per heavy atom. The number of aromatic nitrogens is 1. The molecule has 4 nitrogen and oxygen atoms in total. The molecular formula is C13H20N2O2. The summed E-state index contributed by atoms with van der Waals surface area (Å²) in [7, 11) is 1.89. The Morgan fingerprint density at radius 1 is 1.35 bits per heavy atom. The van der Waals surface area contributed by atoms with E-state index in [2.05, 4.69) is 25.8 Å². The van der Waals surface area contributed by atoms with Crippen molar-refractivity contribution in [1.82, 2.24) is 4.98 Å². The van der Waals surface area contributed by atoms with E-state index in [0.717, 1.165) is 5.69 Å². The van der Waals surface area contributed by atoms with E-state index in [9.17, 15) is 4.79 Å². The number of carboxylic acid groups (broad SMARTS) is 1. The number of pyridine rings is 1. The molecule has 0 aromatic carbocycles. The molecule has 1 atom stereocenters. The van der Waals surface area contributed by atoms with Gasteiger partial charge in [0.05, 0.1) is 0 Å². The van der Waals surface area contributed by atoms with Crippen LogP contribution in [0.4, 0.5) is 5.82 Å². The molecule has 1 aromatic rings. The van der Waals surface area contributed by atoms with E-state index in [1.807, 2.05) is 18.9 Å². The van der Waals surface area contributed by atoms with Gasteiger partial charge in [0.15, 0.2) is 0 Å². The van der Waals surface area contributed by atoms with Gasteiger partial charge in [-0.2, -0.15) is 0 Å². The van der Waals surface area contributed by atoms with Crippen LogP contribution >= 0.6 is 0 Å². The summed E-state index contributed by atoms with van der Waals surface area (Å²) in [6, 6.07) is 3.58. The molecule has 1 aromatic heterocycles. The maximum Gasteiger partial charge on any atom is 0.339 e. The fourth-order valence-corrected chi connectivity index (χ4v) is 1.62. The van der Waals surface area contributed by atoms with Gasteiger partial charge in [0, 0.05) is 18.8 Å². The van der Waals surface area contributed by atoms with E-state index in [4.69, 9.17) is 5.11 Å². The molecule has 0 saturated carbocycles. The van der Waals surface area contributed by atoms with Crippen LogP contribution < -0.4 is 4.90 Å². The standard InChI is InChI=1S/C13H20N2O2/c1-8(2)10(4)15(5)12-11(13(16)17)7-6-9(3)14-12/h6-8,10H,1-5H3,(H,16,17). The van der Waals surface area contributed by atoms with Crippen LogP contribution in [0.3, 0.4) is 0 Å². The molecule has 0 aliphatic rings. The minimum absolute atomic E-state index is 0.238. The molecule has 0 saturated heterocycles. The molecule has 1 rings (SSSR count). The third kappa shape index (κ3) is 2.96. The molecule has 94 valence electrons. The smallest absolute Gasteiger partial charge is 0.339 e. The monoisotopic (exact) mass is 236 g/mol. The van der Waals surface area contributed by atoms with Crippen molar-refractivity contribution in [2.24, 2.45) is 5.92 Å². The van der Waals surface area contributed by atoms with Crippen LogP contribution in [-0.2, 0) is 0 Å². The molecule has 0 aliphatic carbocycles. The van der Waals surface area contributed by atoms with Gasteiger partial charge >= 0.3 is 5.97 Å². The first-order chi connectivity index (χ1) is 7.84. The summed E-state index contributed by atoms with van der Waals surface area (Å²) in [4.78, 5) is 17.4. The first-order valence-corrected chi connectivity index (χ1v) is 5.78. The van der Waals surface area contributed by atoms with Crippen molar-refractivity contribution in [2.45, 2.75) is 33.7 Å². The molecule has 4 heteroatoms. The topological polar surface area (TPSA) is 53.4 Å². The third-order valence-corrected chi connectivity index (χ3v) is 3.15. The number of carboxylic acids is 1. The molecule has 0 amide bonds. The SMILES string of the molecule is Cc1ccc(C(=O)O)c(N(C)C(C)C(C)C)n1. The highest BCUT2D eigenvalue weighted by atomic mass is 16.4. The van der Waals surface area contributed by atoms with E-state index < -0.39 is 5.97 Å². The second-order valence-electron chi connectivity index (χ2n) is 4.72. The summed E-state index contributed by atoms with van der Waals surface area (Å²) < 4.78 is 0. The molecule has 1 unspecified atom stereocenters. The number of hydrogen-bond donors (Lipinski definition) is 1. The van der Waals surface area contributed by atoms with Crippen molar-refractivity contribution in [1.29, 1.82) is 0 Å². The van der Waals surface area contributed by atoms with Crippen LogP contribution in [0.5, 0.6) is 0 Å². The highest BCUT2D eigenvalue weighted by Crippen LogP contribution is 2.22. The van der Waals surface area contributed by atoms with Gasteiger partial charge in [-0.25, -0.2) is 9.78 Å². The van der Waals surface area contributed by atoms with Gasteiger partial charge in [0.25, 0.3) is 0 Å². The van der Waals surface area contributed by atoms with Gasteiger partial charge in [0.2, 0.25) is 0 Å². The second-order valence-corrected chi connectivity index (χ2v) is 4.72. The summed E-state index contributed by atoms with van der Waals surface area (Å²) in [5, 5.41) is 9.16. The quantitative estimate of drug-likeness (QED) is 0.873. The first kappa shape index (κ1) is 13.5. The molecular weight excluding hydrogens is 216 g/mol. The average Bonchev–Trinajstić information content (AvgIpc) is 2.26. The van der Waals surface area contributed by atoms with Gasteiger partial charge in [-0.1, -0.05) is 13.8 Å². The van der Waals surface area contributed by atoms with Crippen LogP contribution in [0.15, 0.2) is 12.1 Å². The Morgan fingerprint density at radius 2 is 1.94 bits per heavy atom. The molecule has 1 N–H and O–H groups in total. The zero-order valence-electron chi connectivity index (χ0n) is 11.1. The van der Waals surface area contributed by atoms with Gasteiger partial charge in [0.1, 0.15) is 11.4 Å². The Balaban J connectivity index is 3.19. The summed E-state index contributed by atoms with van der Waals surface area (Å²) >= 11 is 0. The number of rotatable bonds is 4.